The average molecular weight is 389 g/mol. The fourth-order valence-electron chi connectivity index (χ4n) is 3.02. The molecule has 2 unspecified atom stereocenters. The van der Waals surface area contributed by atoms with E-state index in [1.165, 1.54) is 11.1 Å². The number of terminal acetylenes is 1. The lowest BCUT2D eigenvalue weighted by molar-refractivity contribution is 0.0656. The van der Waals surface area contributed by atoms with Gasteiger partial charge in [-0.1, -0.05) is 53.5 Å². The molecule has 0 bridgehead atoms. The van der Waals surface area contributed by atoms with Gasteiger partial charge in [0.05, 0.1) is 12.2 Å². The summed E-state index contributed by atoms with van der Waals surface area (Å²) >= 11 is 0. The molecule has 0 aliphatic heterocycles. The molecule has 1 aromatic rings. The summed E-state index contributed by atoms with van der Waals surface area (Å²) < 4.78 is 13.0. The first kappa shape index (κ1) is 23.2. The van der Waals surface area contributed by atoms with E-state index in [1.54, 1.807) is 0 Å². The smallest absolute Gasteiger partial charge is 0.205 e. The van der Waals surface area contributed by atoms with Crippen molar-refractivity contribution in [1.82, 2.24) is 0 Å². The van der Waals surface area contributed by atoms with Gasteiger partial charge in [-0.15, -0.1) is 6.42 Å². The first-order valence-corrected chi connectivity index (χ1v) is 14.1. The van der Waals surface area contributed by atoms with E-state index in [4.69, 9.17) is 15.3 Å². The first-order valence-electron chi connectivity index (χ1n) is 9.31. The van der Waals surface area contributed by atoms with E-state index in [0.717, 1.165) is 5.56 Å². The summed E-state index contributed by atoms with van der Waals surface area (Å²) in [5.74, 6) is 2.79. The first-order chi connectivity index (χ1) is 11.8. The summed E-state index contributed by atoms with van der Waals surface area (Å²) in [6, 6.07) is 6.32. The summed E-state index contributed by atoms with van der Waals surface area (Å²) in [6.07, 6.45) is 5.72. The van der Waals surface area contributed by atoms with Crippen LogP contribution in [0.2, 0.25) is 26.2 Å². The maximum atomic E-state index is 6.49. The third kappa shape index (κ3) is 6.38. The highest BCUT2D eigenvalue weighted by atomic mass is 28.3. The summed E-state index contributed by atoms with van der Waals surface area (Å²) in [7, 11) is -1.72. The summed E-state index contributed by atoms with van der Waals surface area (Å²) in [6.45, 7) is 22.2. The lowest BCUT2D eigenvalue weighted by Gasteiger charge is -2.39. The fraction of sp³-hybridized carbons (Fsp3) is 0.636. The molecule has 1 aromatic carbocycles. The Bertz CT molecular complexity index is 631. The second-order valence-corrected chi connectivity index (χ2v) is 13.6. The molecule has 2 radical (unpaired) electrons. The third-order valence-corrected chi connectivity index (χ3v) is 5.51. The van der Waals surface area contributed by atoms with Gasteiger partial charge in [-0.05, 0) is 60.3 Å². The van der Waals surface area contributed by atoms with Gasteiger partial charge in [0.2, 0.25) is 18.1 Å². The van der Waals surface area contributed by atoms with Crippen LogP contribution in [0, 0.1) is 23.2 Å². The normalized spacial score (nSPS) is 15.2. The molecule has 2 nitrogen and oxygen atoms in total. The topological polar surface area (TPSA) is 18.5 Å². The van der Waals surface area contributed by atoms with Gasteiger partial charge < -0.3 is 8.85 Å². The van der Waals surface area contributed by atoms with Crippen LogP contribution in [0.1, 0.15) is 70.4 Å². The van der Waals surface area contributed by atoms with Crippen molar-refractivity contribution in [3.05, 3.63) is 34.9 Å². The van der Waals surface area contributed by atoms with Crippen molar-refractivity contribution >= 4 is 18.1 Å². The molecule has 144 valence electrons. The van der Waals surface area contributed by atoms with E-state index < -0.39 is 18.1 Å². The van der Waals surface area contributed by atoms with Gasteiger partial charge in [0.25, 0.3) is 0 Å². The minimum absolute atomic E-state index is 0.00692. The molecule has 0 aliphatic rings. The molecule has 0 N–H and O–H groups in total. The molecule has 2 atom stereocenters. The van der Waals surface area contributed by atoms with Gasteiger partial charge in [-0.25, -0.2) is 0 Å². The van der Waals surface area contributed by atoms with E-state index in [-0.39, 0.29) is 23.0 Å². The molecule has 0 aromatic heterocycles. The van der Waals surface area contributed by atoms with Gasteiger partial charge in [-0.2, -0.15) is 0 Å². The molecule has 26 heavy (non-hydrogen) atoms. The van der Waals surface area contributed by atoms with Crippen molar-refractivity contribution in [3.63, 3.8) is 0 Å². The third-order valence-electron chi connectivity index (χ3n) is 4.10. The Morgan fingerprint density at radius 2 is 1.23 bits per heavy atom. The number of rotatable bonds is 6. The zero-order valence-electron chi connectivity index (χ0n) is 18.3. The Morgan fingerprint density at radius 1 is 0.808 bits per heavy atom. The van der Waals surface area contributed by atoms with E-state index in [9.17, 15) is 0 Å². The minimum Gasteiger partial charge on any atom is -0.410 e. The van der Waals surface area contributed by atoms with Crippen LogP contribution in [0.4, 0.5) is 0 Å². The van der Waals surface area contributed by atoms with Crippen LogP contribution in [0.25, 0.3) is 0 Å². The van der Waals surface area contributed by atoms with Gasteiger partial charge in [-0.3, -0.25) is 0 Å². The quantitative estimate of drug-likeness (QED) is 0.416. The molecule has 0 fully saturated rings. The summed E-state index contributed by atoms with van der Waals surface area (Å²) in [4.78, 5) is 0. The van der Waals surface area contributed by atoms with Crippen LogP contribution >= 0.6 is 0 Å². The molecule has 0 heterocycles. The van der Waals surface area contributed by atoms with Crippen LogP contribution in [-0.4, -0.2) is 18.1 Å². The highest BCUT2D eigenvalue weighted by Gasteiger charge is 2.35. The SMILES string of the molecule is C#Cc1ccc(C(O[Si](C)C)C(C)(C)C)c(C(O[Si](C)C)C(C)(C)C)c1. The van der Waals surface area contributed by atoms with Crippen molar-refractivity contribution in [2.45, 2.75) is 79.9 Å². The van der Waals surface area contributed by atoms with Gasteiger partial charge in [0.1, 0.15) is 0 Å². The van der Waals surface area contributed by atoms with Gasteiger partial charge >= 0.3 is 0 Å². The van der Waals surface area contributed by atoms with Gasteiger partial charge in [0, 0.05) is 5.56 Å². The molecular formula is C22H36O2Si2. The molecule has 0 saturated heterocycles. The molecule has 1 rings (SSSR count). The van der Waals surface area contributed by atoms with Crippen molar-refractivity contribution < 1.29 is 8.85 Å². The van der Waals surface area contributed by atoms with E-state index >= 15 is 0 Å². The molecule has 0 spiro atoms. The van der Waals surface area contributed by atoms with E-state index in [2.05, 4.69) is 85.8 Å². The Labute approximate surface area is 165 Å². The zero-order valence-corrected chi connectivity index (χ0v) is 20.3. The monoisotopic (exact) mass is 388 g/mol. The van der Waals surface area contributed by atoms with Gasteiger partial charge in [0.15, 0.2) is 0 Å². The Morgan fingerprint density at radius 3 is 1.58 bits per heavy atom. The Hall–Kier alpha value is -0.866. The molecular weight excluding hydrogens is 352 g/mol. The maximum Gasteiger partial charge on any atom is 0.205 e. The number of benzene rings is 1. The molecule has 0 saturated carbocycles. The fourth-order valence-corrected chi connectivity index (χ4v) is 4.92. The maximum absolute atomic E-state index is 6.49. The Balaban J connectivity index is 3.64. The van der Waals surface area contributed by atoms with Crippen molar-refractivity contribution in [1.29, 1.82) is 0 Å². The zero-order chi connectivity index (χ0) is 20.3. The molecule has 0 aliphatic carbocycles. The lowest BCUT2D eigenvalue weighted by atomic mass is 9.77. The number of hydrogen-bond acceptors (Lipinski definition) is 2. The highest BCUT2D eigenvalue weighted by Crippen LogP contribution is 2.45. The lowest BCUT2D eigenvalue weighted by Crippen LogP contribution is -2.31. The molecule has 4 heteroatoms. The van der Waals surface area contributed by atoms with Crippen molar-refractivity contribution in [2.75, 3.05) is 0 Å². The summed E-state index contributed by atoms with van der Waals surface area (Å²) in [5.41, 5.74) is 3.25. The predicted molar refractivity (Wildman–Crippen MR) is 116 cm³/mol. The van der Waals surface area contributed by atoms with Crippen LogP contribution < -0.4 is 0 Å². The second kappa shape index (κ2) is 8.88. The van der Waals surface area contributed by atoms with Crippen LogP contribution in [0.3, 0.4) is 0 Å². The van der Waals surface area contributed by atoms with E-state index in [0.29, 0.717) is 0 Å². The van der Waals surface area contributed by atoms with Crippen LogP contribution in [0.5, 0.6) is 0 Å². The van der Waals surface area contributed by atoms with Crippen LogP contribution in [-0.2, 0) is 8.85 Å². The van der Waals surface area contributed by atoms with Crippen LogP contribution in [0.15, 0.2) is 18.2 Å². The minimum atomic E-state index is -0.868. The van der Waals surface area contributed by atoms with E-state index in [1.807, 2.05) is 6.07 Å². The predicted octanol–water partition coefficient (Wildman–Crippen LogP) is 6.38. The number of hydrogen-bond donors (Lipinski definition) is 0. The summed E-state index contributed by atoms with van der Waals surface area (Å²) in [5, 5.41) is 0. The molecule has 0 amide bonds. The highest BCUT2D eigenvalue weighted by molar-refractivity contribution is 6.48. The second-order valence-electron chi connectivity index (χ2n) is 9.53. The van der Waals surface area contributed by atoms with Crippen molar-refractivity contribution in [2.24, 2.45) is 10.8 Å². The largest absolute Gasteiger partial charge is 0.410 e. The standard InChI is InChI=1S/C22H36O2Si2/c1-12-16-13-14-17(19(21(2,3)4)23-25(8)9)18(15-16)20(22(5,6)7)24-26(10)11/h1,13-15,19-20H,2-11H3. The van der Waals surface area contributed by atoms with Crippen molar-refractivity contribution in [3.8, 4) is 12.3 Å². The average Bonchev–Trinajstić information content (AvgIpc) is 2.47. The Kier molecular flexibility index (Phi) is 7.92.